The van der Waals surface area contributed by atoms with Crippen LogP contribution < -0.4 is 0 Å². The summed E-state index contributed by atoms with van der Waals surface area (Å²) in [5.74, 6) is 0. The molecule has 1 unspecified atom stereocenters. The molecule has 0 saturated carbocycles. The van der Waals surface area contributed by atoms with Crippen LogP contribution in [0.25, 0.3) is 0 Å². The van der Waals surface area contributed by atoms with Crippen LogP contribution in [-0.2, 0) is 14.6 Å². The van der Waals surface area contributed by atoms with Gasteiger partial charge in [-0.15, -0.1) is 0 Å². The lowest BCUT2D eigenvalue weighted by molar-refractivity contribution is 0.185. The Hall–Kier alpha value is -0.130. The Kier molecular flexibility index (Phi) is 15.3. The van der Waals surface area contributed by atoms with Gasteiger partial charge < -0.3 is 0 Å². The topological polar surface area (TPSA) is 63.6 Å². The van der Waals surface area contributed by atoms with Crippen LogP contribution in [0, 0.1) is 0 Å². The SMILES string of the molecule is CCCCCCCCCCCCCCCCC(C)OS(=O)(=O)O. The lowest BCUT2D eigenvalue weighted by atomic mass is 10.0. The van der Waals surface area contributed by atoms with Crippen LogP contribution in [0.15, 0.2) is 0 Å². The predicted molar refractivity (Wildman–Crippen MR) is 97.0 cm³/mol. The molecule has 0 rings (SSSR count). The van der Waals surface area contributed by atoms with Crippen LogP contribution in [0.5, 0.6) is 0 Å². The van der Waals surface area contributed by atoms with Crippen molar-refractivity contribution in [2.45, 2.75) is 116 Å². The molecular formula is C18H38O4S. The van der Waals surface area contributed by atoms with Gasteiger partial charge >= 0.3 is 10.4 Å². The molecule has 5 heteroatoms. The summed E-state index contributed by atoms with van der Waals surface area (Å²) in [7, 11) is -4.29. The molecule has 0 aliphatic carbocycles. The van der Waals surface area contributed by atoms with Gasteiger partial charge in [0.2, 0.25) is 0 Å². The Bertz CT molecular complexity index is 341. The van der Waals surface area contributed by atoms with Gasteiger partial charge in [0, 0.05) is 0 Å². The molecule has 0 aromatic rings. The third-order valence-electron chi connectivity index (χ3n) is 4.25. The van der Waals surface area contributed by atoms with E-state index in [1.807, 2.05) is 0 Å². The third kappa shape index (κ3) is 19.8. The normalized spacial score (nSPS) is 13.3. The molecule has 1 N–H and O–H groups in total. The van der Waals surface area contributed by atoms with Gasteiger partial charge in [-0.05, 0) is 13.3 Å². The molecule has 140 valence electrons. The Morgan fingerprint density at radius 2 is 1.09 bits per heavy atom. The van der Waals surface area contributed by atoms with Gasteiger partial charge in [-0.25, -0.2) is 4.18 Å². The first-order chi connectivity index (χ1) is 11.0. The van der Waals surface area contributed by atoms with Crippen molar-refractivity contribution in [3.05, 3.63) is 0 Å². The predicted octanol–water partition coefficient (Wildman–Crippen LogP) is 6.07. The van der Waals surface area contributed by atoms with Crippen molar-refractivity contribution in [2.75, 3.05) is 0 Å². The highest BCUT2D eigenvalue weighted by molar-refractivity contribution is 7.80. The molecule has 1 atom stereocenters. The number of unbranched alkanes of at least 4 members (excludes halogenated alkanes) is 13. The average Bonchev–Trinajstić information content (AvgIpc) is 2.46. The van der Waals surface area contributed by atoms with E-state index in [1.54, 1.807) is 6.92 Å². The Labute approximate surface area is 144 Å². The van der Waals surface area contributed by atoms with Crippen molar-refractivity contribution in [1.82, 2.24) is 0 Å². The van der Waals surface area contributed by atoms with E-state index in [1.165, 1.54) is 77.0 Å². The Balaban J connectivity index is 3.16. The van der Waals surface area contributed by atoms with E-state index in [4.69, 9.17) is 4.55 Å². The summed E-state index contributed by atoms with van der Waals surface area (Å²) < 4.78 is 34.1. The molecule has 0 saturated heterocycles. The van der Waals surface area contributed by atoms with E-state index in [2.05, 4.69) is 11.1 Å². The summed E-state index contributed by atoms with van der Waals surface area (Å²) in [5.41, 5.74) is 0. The fourth-order valence-corrected chi connectivity index (χ4v) is 3.39. The largest absolute Gasteiger partial charge is 0.397 e. The van der Waals surface area contributed by atoms with Crippen molar-refractivity contribution in [3.63, 3.8) is 0 Å². The minimum absolute atomic E-state index is 0.428. The maximum absolute atomic E-state index is 10.5. The minimum Gasteiger partial charge on any atom is -0.264 e. The molecule has 0 aromatic carbocycles. The summed E-state index contributed by atoms with van der Waals surface area (Å²) in [4.78, 5) is 0. The van der Waals surface area contributed by atoms with E-state index >= 15 is 0 Å². The van der Waals surface area contributed by atoms with Gasteiger partial charge in [0.05, 0.1) is 6.10 Å². The van der Waals surface area contributed by atoms with Crippen molar-refractivity contribution < 1.29 is 17.2 Å². The third-order valence-corrected chi connectivity index (χ3v) is 4.82. The molecule has 0 fully saturated rings. The smallest absolute Gasteiger partial charge is 0.264 e. The van der Waals surface area contributed by atoms with Crippen LogP contribution in [0.4, 0.5) is 0 Å². The lowest BCUT2D eigenvalue weighted by Gasteiger charge is -2.09. The van der Waals surface area contributed by atoms with Crippen LogP contribution >= 0.6 is 0 Å². The van der Waals surface area contributed by atoms with Crippen LogP contribution in [-0.4, -0.2) is 19.1 Å². The molecule has 4 nitrogen and oxygen atoms in total. The maximum Gasteiger partial charge on any atom is 0.397 e. The first-order valence-corrected chi connectivity index (χ1v) is 11.0. The number of rotatable bonds is 17. The van der Waals surface area contributed by atoms with Crippen molar-refractivity contribution >= 4 is 10.4 Å². The highest BCUT2D eigenvalue weighted by Crippen LogP contribution is 2.14. The van der Waals surface area contributed by atoms with Crippen molar-refractivity contribution in [2.24, 2.45) is 0 Å². The van der Waals surface area contributed by atoms with Crippen LogP contribution in [0.3, 0.4) is 0 Å². The average molecular weight is 351 g/mol. The molecule has 0 radical (unpaired) electrons. The molecule has 0 spiro atoms. The Morgan fingerprint density at radius 1 is 0.739 bits per heavy atom. The van der Waals surface area contributed by atoms with Gasteiger partial charge in [0.1, 0.15) is 0 Å². The van der Waals surface area contributed by atoms with Crippen molar-refractivity contribution in [3.8, 4) is 0 Å². The highest BCUT2D eigenvalue weighted by Gasteiger charge is 2.11. The number of hydrogen-bond donors (Lipinski definition) is 1. The number of hydrogen-bond acceptors (Lipinski definition) is 3. The second kappa shape index (κ2) is 15.4. The van der Waals surface area contributed by atoms with Gasteiger partial charge in [-0.1, -0.05) is 96.8 Å². The van der Waals surface area contributed by atoms with E-state index < -0.39 is 16.5 Å². The fourth-order valence-electron chi connectivity index (χ4n) is 2.88. The zero-order valence-corrected chi connectivity index (χ0v) is 16.1. The molecule has 0 amide bonds. The lowest BCUT2D eigenvalue weighted by Crippen LogP contribution is -2.14. The first-order valence-electron chi connectivity index (χ1n) is 9.61. The quantitative estimate of drug-likeness (QED) is 0.255. The molecule has 0 aliphatic heterocycles. The van der Waals surface area contributed by atoms with E-state index in [-0.39, 0.29) is 0 Å². The first kappa shape index (κ1) is 22.9. The van der Waals surface area contributed by atoms with Crippen LogP contribution in [0.2, 0.25) is 0 Å². The zero-order valence-electron chi connectivity index (χ0n) is 15.3. The van der Waals surface area contributed by atoms with Gasteiger partial charge in [0.15, 0.2) is 0 Å². The highest BCUT2D eigenvalue weighted by atomic mass is 32.3. The Morgan fingerprint density at radius 3 is 1.43 bits per heavy atom. The summed E-state index contributed by atoms with van der Waals surface area (Å²) in [5, 5.41) is 0. The second-order valence-electron chi connectivity index (χ2n) is 6.72. The maximum atomic E-state index is 10.5. The van der Waals surface area contributed by atoms with Gasteiger partial charge in [0.25, 0.3) is 0 Å². The second-order valence-corrected chi connectivity index (χ2v) is 7.77. The molecule has 0 aromatic heterocycles. The van der Waals surface area contributed by atoms with Crippen LogP contribution in [0.1, 0.15) is 110 Å². The molecule has 0 heterocycles. The summed E-state index contributed by atoms with van der Waals surface area (Å²) in [6, 6.07) is 0. The standard InChI is InChI=1S/C18H38O4S/c1-3-4-5-6-7-8-9-10-11-12-13-14-15-16-17-18(2)22-23(19,20)21/h18H,3-17H2,1-2H3,(H,19,20,21). The van der Waals surface area contributed by atoms with Gasteiger partial charge in [-0.3, -0.25) is 4.55 Å². The zero-order chi connectivity index (χ0) is 17.4. The molecule has 0 bridgehead atoms. The molecule has 23 heavy (non-hydrogen) atoms. The van der Waals surface area contributed by atoms with E-state index in [9.17, 15) is 8.42 Å². The molecular weight excluding hydrogens is 312 g/mol. The van der Waals surface area contributed by atoms with Crippen molar-refractivity contribution in [1.29, 1.82) is 0 Å². The fraction of sp³-hybridized carbons (Fsp3) is 1.00. The minimum atomic E-state index is -4.29. The van der Waals surface area contributed by atoms with E-state index in [0.717, 1.165) is 12.8 Å². The summed E-state index contributed by atoms with van der Waals surface area (Å²) in [6.07, 6.45) is 18.5. The monoisotopic (exact) mass is 350 g/mol. The summed E-state index contributed by atoms with van der Waals surface area (Å²) in [6.45, 7) is 3.93. The van der Waals surface area contributed by atoms with E-state index in [0.29, 0.717) is 6.42 Å². The molecule has 0 aliphatic rings. The van der Waals surface area contributed by atoms with Gasteiger partial charge in [-0.2, -0.15) is 8.42 Å². The summed E-state index contributed by atoms with van der Waals surface area (Å²) >= 11 is 0.